The summed E-state index contributed by atoms with van der Waals surface area (Å²) in [5, 5.41) is 6.45. The van der Waals surface area contributed by atoms with Crippen molar-refractivity contribution in [3.63, 3.8) is 0 Å². The molecule has 9 nitrogen and oxygen atoms in total. The van der Waals surface area contributed by atoms with Crippen molar-refractivity contribution >= 4 is 52.2 Å². The molecular formula is C26H26Cl2F3N3O6S. The van der Waals surface area contributed by atoms with E-state index < -0.39 is 47.6 Å². The van der Waals surface area contributed by atoms with Crippen molar-refractivity contribution in [2.24, 2.45) is 5.16 Å². The normalized spacial score (nSPS) is 22.3. The molecule has 222 valence electrons. The monoisotopic (exact) mass is 635 g/mol. The molecule has 41 heavy (non-hydrogen) atoms. The molecule has 2 aliphatic rings. The van der Waals surface area contributed by atoms with Gasteiger partial charge in [-0.05, 0) is 54.8 Å². The summed E-state index contributed by atoms with van der Waals surface area (Å²) >= 11 is 9.87. The van der Waals surface area contributed by atoms with E-state index in [0.717, 1.165) is 22.9 Å². The maximum atomic E-state index is 14.3. The summed E-state index contributed by atoms with van der Waals surface area (Å²) in [5.41, 5.74) is -1.97. The molecule has 2 aromatic rings. The Kier molecular flexibility index (Phi) is 9.52. The first-order valence-electron chi connectivity index (χ1n) is 12.6. The van der Waals surface area contributed by atoms with Crippen LogP contribution in [-0.2, 0) is 30.6 Å². The second kappa shape index (κ2) is 12.6. The molecule has 0 bridgehead atoms. The highest BCUT2D eigenvalue weighted by atomic mass is 35.5. The van der Waals surface area contributed by atoms with Crippen LogP contribution >= 0.6 is 23.2 Å². The Balaban J connectivity index is 1.41. The Hall–Kier alpha value is -2.87. The van der Waals surface area contributed by atoms with E-state index in [4.69, 9.17) is 37.0 Å². The summed E-state index contributed by atoms with van der Waals surface area (Å²) in [4.78, 5) is 29.9. The summed E-state index contributed by atoms with van der Waals surface area (Å²) in [5.74, 6) is -0.491. The minimum atomic E-state index is -4.84. The van der Waals surface area contributed by atoms with E-state index in [2.05, 4.69) is 10.5 Å². The van der Waals surface area contributed by atoms with Gasteiger partial charge in [0.05, 0.1) is 18.9 Å². The number of aryl methyl sites for hydroxylation is 1. The van der Waals surface area contributed by atoms with Crippen LogP contribution in [0.25, 0.3) is 0 Å². The number of hydrogen-bond donors (Lipinski definition) is 1. The van der Waals surface area contributed by atoms with Gasteiger partial charge < -0.3 is 14.9 Å². The second-order valence-electron chi connectivity index (χ2n) is 9.49. The number of oxime groups is 1. The lowest BCUT2D eigenvalue weighted by atomic mass is 9.86. The van der Waals surface area contributed by atoms with Gasteiger partial charge in [0.2, 0.25) is 0 Å². The van der Waals surface area contributed by atoms with Gasteiger partial charge in [0, 0.05) is 34.1 Å². The van der Waals surface area contributed by atoms with Crippen LogP contribution in [0.1, 0.15) is 53.2 Å². The zero-order valence-corrected chi connectivity index (χ0v) is 24.3. The number of alkyl halides is 3. The quantitative estimate of drug-likeness (QED) is 0.366. The van der Waals surface area contributed by atoms with Gasteiger partial charge in [-0.15, -0.1) is 0 Å². The van der Waals surface area contributed by atoms with E-state index in [1.807, 2.05) is 6.92 Å². The average molecular weight is 636 g/mol. The molecule has 0 aliphatic carbocycles. The first-order chi connectivity index (χ1) is 19.3. The molecule has 0 radical (unpaired) electrons. The SMILES string of the molecule is CCCCOC(=O)N1CC(CNC(=O)c2ccc(C3=NOC(c4cc(Cl)cc(Cl)c4)(C(F)(F)F)C3)cc2C)OS1=O. The van der Waals surface area contributed by atoms with Crippen LogP contribution in [0.5, 0.6) is 0 Å². The molecule has 0 aromatic heterocycles. The number of nitrogens with one attached hydrogen (secondary N) is 1. The first kappa shape index (κ1) is 31.1. The molecule has 15 heteroatoms. The smallest absolute Gasteiger partial charge is 0.435 e. The largest absolute Gasteiger partial charge is 0.449 e. The van der Waals surface area contributed by atoms with Crippen LogP contribution < -0.4 is 5.32 Å². The highest BCUT2D eigenvalue weighted by Gasteiger charge is 2.62. The number of ether oxygens (including phenoxy) is 1. The molecule has 1 N–H and O–H groups in total. The number of carbonyl (C=O) groups is 2. The average Bonchev–Trinajstić information content (AvgIpc) is 3.52. The minimum absolute atomic E-state index is 0.0215. The van der Waals surface area contributed by atoms with Gasteiger partial charge in [-0.3, -0.25) is 8.98 Å². The van der Waals surface area contributed by atoms with Crippen molar-refractivity contribution in [2.45, 2.75) is 51.0 Å². The number of halogens is 5. The van der Waals surface area contributed by atoms with Gasteiger partial charge in [0.25, 0.3) is 22.8 Å². The zero-order chi connectivity index (χ0) is 29.9. The van der Waals surface area contributed by atoms with Crippen molar-refractivity contribution in [3.05, 3.63) is 68.7 Å². The van der Waals surface area contributed by atoms with E-state index in [9.17, 15) is 27.0 Å². The predicted molar refractivity (Wildman–Crippen MR) is 146 cm³/mol. The van der Waals surface area contributed by atoms with Gasteiger partial charge >= 0.3 is 12.3 Å². The maximum Gasteiger partial charge on any atom is 0.435 e. The number of benzene rings is 2. The van der Waals surface area contributed by atoms with Crippen LogP contribution in [0.3, 0.4) is 0 Å². The number of nitrogens with zero attached hydrogens (tertiary/aromatic N) is 2. The zero-order valence-electron chi connectivity index (χ0n) is 21.9. The molecule has 3 unspecified atom stereocenters. The van der Waals surface area contributed by atoms with Crippen molar-refractivity contribution in [1.29, 1.82) is 0 Å². The Bertz CT molecular complexity index is 1370. The number of hydrogen-bond acceptors (Lipinski definition) is 7. The molecule has 1 saturated heterocycles. The fourth-order valence-corrected chi connectivity index (χ4v) is 5.75. The van der Waals surface area contributed by atoms with E-state index in [0.29, 0.717) is 17.5 Å². The summed E-state index contributed by atoms with van der Waals surface area (Å²) in [7, 11) is 0. The first-order valence-corrected chi connectivity index (χ1v) is 14.3. The number of rotatable bonds is 8. The molecule has 0 saturated carbocycles. The fourth-order valence-electron chi connectivity index (χ4n) is 4.30. The summed E-state index contributed by atoms with van der Waals surface area (Å²) in [6.45, 7) is 3.69. The van der Waals surface area contributed by atoms with Crippen LogP contribution in [0.4, 0.5) is 18.0 Å². The van der Waals surface area contributed by atoms with Crippen LogP contribution in [0.15, 0.2) is 41.6 Å². The van der Waals surface area contributed by atoms with Crippen LogP contribution in [-0.4, -0.2) is 58.2 Å². The Morgan fingerprint density at radius 1 is 1.22 bits per heavy atom. The third-order valence-corrected chi connectivity index (χ3v) is 8.04. The Labute approximate surface area is 246 Å². The Morgan fingerprint density at radius 2 is 1.93 bits per heavy atom. The van der Waals surface area contributed by atoms with E-state index in [1.165, 1.54) is 24.3 Å². The third kappa shape index (κ3) is 6.79. The van der Waals surface area contributed by atoms with Gasteiger partial charge in [-0.25, -0.2) is 13.3 Å². The number of unbranched alkanes of at least 4 members (excludes halogenated alkanes) is 1. The summed E-state index contributed by atoms with van der Waals surface area (Å²) < 4.78 is 66.2. The predicted octanol–water partition coefficient (Wildman–Crippen LogP) is 5.83. The Morgan fingerprint density at radius 3 is 2.56 bits per heavy atom. The lowest BCUT2D eigenvalue weighted by molar-refractivity contribution is -0.275. The molecule has 2 heterocycles. The van der Waals surface area contributed by atoms with Crippen LogP contribution in [0, 0.1) is 6.92 Å². The van der Waals surface area contributed by atoms with E-state index >= 15 is 0 Å². The molecule has 4 rings (SSSR count). The molecule has 2 amide bonds. The van der Waals surface area contributed by atoms with Crippen molar-refractivity contribution in [3.8, 4) is 0 Å². The second-order valence-corrected chi connectivity index (χ2v) is 11.4. The third-order valence-electron chi connectivity index (χ3n) is 6.50. The van der Waals surface area contributed by atoms with Gasteiger partial charge in [0.1, 0.15) is 6.10 Å². The highest BCUT2D eigenvalue weighted by Crippen LogP contribution is 2.49. The van der Waals surface area contributed by atoms with E-state index in [-0.39, 0.29) is 46.6 Å². The van der Waals surface area contributed by atoms with Crippen molar-refractivity contribution < 1.29 is 40.7 Å². The van der Waals surface area contributed by atoms with Crippen LogP contribution in [0.2, 0.25) is 10.0 Å². The highest BCUT2D eigenvalue weighted by molar-refractivity contribution is 7.78. The topological polar surface area (TPSA) is 107 Å². The molecule has 0 spiro atoms. The lowest BCUT2D eigenvalue weighted by Gasteiger charge is -2.29. The molecular weight excluding hydrogens is 610 g/mol. The minimum Gasteiger partial charge on any atom is -0.449 e. The van der Waals surface area contributed by atoms with Crippen molar-refractivity contribution in [1.82, 2.24) is 9.62 Å². The van der Waals surface area contributed by atoms with Gasteiger partial charge in [-0.1, -0.05) is 47.8 Å². The molecule has 1 fully saturated rings. The van der Waals surface area contributed by atoms with Gasteiger partial charge in [-0.2, -0.15) is 13.2 Å². The number of carbonyl (C=O) groups excluding carboxylic acids is 2. The summed E-state index contributed by atoms with van der Waals surface area (Å²) in [6, 6.07) is 8.04. The lowest BCUT2D eigenvalue weighted by Crippen LogP contribution is -2.42. The van der Waals surface area contributed by atoms with Gasteiger partial charge in [0.15, 0.2) is 0 Å². The number of amides is 2. The fraction of sp³-hybridized carbons (Fsp3) is 0.423. The maximum absolute atomic E-state index is 14.3. The van der Waals surface area contributed by atoms with E-state index in [1.54, 1.807) is 6.92 Å². The standard InChI is InChI=1S/C26H26Cl2F3N3O6S/c1-3-4-7-38-24(36)34-14-20(39-41(34)37)13-32-23(35)21-6-5-16(8-15(21)2)22-12-25(40-33-22,26(29,30)31)17-9-18(27)11-19(28)10-17/h5-6,8-11,20H,3-4,7,12-14H2,1-2H3,(H,32,35). The van der Waals surface area contributed by atoms with Crippen molar-refractivity contribution in [2.75, 3.05) is 19.7 Å². The molecule has 3 atom stereocenters. The molecule has 2 aromatic carbocycles. The molecule has 2 aliphatic heterocycles. The summed E-state index contributed by atoms with van der Waals surface area (Å²) in [6.07, 6.45) is -5.45.